The lowest BCUT2D eigenvalue weighted by Gasteiger charge is -2.30. The van der Waals surface area contributed by atoms with Crippen LogP contribution < -0.4 is 30.7 Å². The Morgan fingerprint density at radius 3 is 2.56 bits per heavy atom. The first-order chi connectivity index (χ1) is 17.1. The van der Waals surface area contributed by atoms with Crippen molar-refractivity contribution in [1.29, 1.82) is 0 Å². The molecule has 2 aromatic rings. The number of nitrogens with one attached hydrogen (secondary N) is 4. The zero-order valence-corrected chi connectivity index (χ0v) is 20.0. The molecule has 1 aliphatic heterocycles. The number of halogens is 3. The lowest BCUT2D eigenvalue weighted by molar-refractivity contribution is -0.274. The van der Waals surface area contributed by atoms with Crippen molar-refractivity contribution in [2.45, 2.75) is 37.3 Å². The van der Waals surface area contributed by atoms with Crippen molar-refractivity contribution >= 4 is 35.2 Å². The molecule has 1 fully saturated rings. The fourth-order valence-electron chi connectivity index (χ4n) is 3.34. The largest absolute Gasteiger partial charge is 0.573 e. The Bertz CT molecular complexity index is 1070. The van der Waals surface area contributed by atoms with Gasteiger partial charge in [-0.2, -0.15) is 0 Å². The maximum absolute atomic E-state index is 12.4. The summed E-state index contributed by atoms with van der Waals surface area (Å²) < 4.78 is 45.6. The van der Waals surface area contributed by atoms with Crippen molar-refractivity contribution in [2.75, 3.05) is 18.2 Å². The molecule has 194 valence electrons. The average molecular weight is 527 g/mol. The van der Waals surface area contributed by atoms with Gasteiger partial charge in [-0.25, -0.2) is 0 Å². The molecule has 0 spiro atoms. The molecule has 2 atom stereocenters. The van der Waals surface area contributed by atoms with Gasteiger partial charge in [0.2, 0.25) is 17.7 Å². The van der Waals surface area contributed by atoms with E-state index >= 15 is 0 Å². The summed E-state index contributed by atoms with van der Waals surface area (Å²) >= 11 is 1.11. The summed E-state index contributed by atoms with van der Waals surface area (Å²) in [7, 11) is 1.56. The van der Waals surface area contributed by atoms with Crippen LogP contribution in [0.5, 0.6) is 11.5 Å². The summed E-state index contributed by atoms with van der Waals surface area (Å²) in [6, 6.07) is 11.6. The first kappa shape index (κ1) is 27.1. The molecule has 3 amide bonds. The van der Waals surface area contributed by atoms with Crippen molar-refractivity contribution < 1.29 is 37.0 Å². The highest BCUT2D eigenvalue weighted by Gasteiger charge is 2.31. The average Bonchev–Trinajstić information content (AvgIpc) is 2.81. The quantitative estimate of drug-likeness (QED) is 0.376. The molecule has 0 radical (unpaired) electrons. The van der Waals surface area contributed by atoms with Crippen LogP contribution in [-0.4, -0.2) is 48.5 Å². The monoisotopic (exact) mass is 526 g/mol. The zero-order chi connectivity index (χ0) is 26.1. The Balaban J connectivity index is 1.41. The maximum atomic E-state index is 12.4. The minimum atomic E-state index is -4.80. The van der Waals surface area contributed by atoms with E-state index in [0.29, 0.717) is 18.0 Å². The van der Waals surface area contributed by atoms with Gasteiger partial charge >= 0.3 is 6.36 Å². The number of methoxy groups -OCH3 is 1. The Hall–Kier alpha value is -3.45. The van der Waals surface area contributed by atoms with Gasteiger partial charge in [0.25, 0.3) is 0 Å². The van der Waals surface area contributed by atoms with Crippen LogP contribution in [0.2, 0.25) is 0 Å². The molecule has 0 aromatic heterocycles. The maximum Gasteiger partial charge on any atom is 0.573 e. The van der Waals surface area contributed by atoms with E-state index in [1.165, 1.54) is 12.1 Å². The van der Waals surface area contributed by atoms with Gasteiger partial charge in [-0.05, 0) is 42.0 Å². The van der Waals surface area contributed by atoms with Crippen LogP contribution in [0, 0.1) is 0 Å². The summed E-state index contributed by atoms with van der Waals surface area (Å²) in [6.07, 6.45) is -4.61. The molecule has 2 unspecified atom stereocenters. The summed E-state index contributed by atoms with van der Waals surface area (Å²) in [5.74, 6) is -0.667. The van der Waals surface area contributed by atoms with Gasteiger partial charge < -0.3 is 25.4 Å². The number of carbonyl (C=O) groups is 3. The molecule has 1 heterocycles. The zero-order valence-electron chi connectivity index (χ0n) is 19.2. The summed E-state index contributed by atoms with van der Waals surface area (Å²) in [5, 5.41) is 11.2. The molecular formula is C23H25F3N4O5S. The molecule has 36 heavy (non-hydrogen) atoms. The molecule has 9 nitrogen and oxygen atoms in total. The molecule has 0 bridgehead atoms. The summed E-state index contributed by atoms with van der Waals surface area (Å²) in [5.41, 5.74) is 0.580. The van der Waals surface area contributed by atoms with Crippen LogP contribution in [0.3, 0.4) is 0 Å². The molecule has 13 heteroatoms. The van der Waals surface area contributed by atoms with Crippen molar-refractivity contribution in [3.05, 3.63) is 54.1 Å². The molecule has 2 aromatic carbocycles. The summed E-state index contributed by atoms with van der Waals surface area (Å²) in [6.45, 7) is 0.316. The van der Waals surface area contributed by atoms with Crippen molar-refractivity contribution in [1.82, 2.24) is 16.0 Å². The van der Waals surface area contributed by atoms with Crippen molar-refractivity contribution in [3.8, 4) is 11.5 Å². The second kappa shape index (κ2) is 12.5. The van der Waals surface area contributed by atoms with Gasteiger partial charge in [-0.1, -0.05) is 12.1 Å². The van der Waals surface area contributed by atoms with Gasteiger partial charge in [0.05, 0.1) is 12.9 Å². The number of ether oxygens (including phenoxy) is 2. The number of alkyl halides is 3. The fraction of sp³-hybridized carbons (Fsp3) is 0.348. The minimum absolute atomic E-state index is 0.0481. The van der Waals surface area contributed by atoms with Gasteiger partial charge in [0.1, 0.15) is 17.0 Å². The Kier molecular flexibility index (Phi) is 9.42. The van der Waals surface area contributed by atoms with Crippen LogP contribution >= 0.6 is 11.8 Å². The number of hydrogen-bond acceptors (Lipinski definition) is 7. The fourth-order valence-corrected chi connectivity index (χ4v) is 4.23. The molecule has 0 aliphatic carbocycles. The van der Waals surface area contributed by atoms with E-state index in [-0.39, 0.29) is 30.4 Å². The lowest BCUT2D eigenvalue weighted by atomic mass is 10.1. The highest BCUT2D eigenvalue weighted by molar-refractivity contribution is 8.00. The second-order valence-corrected chi connectivity index (χ2v) is 8.87. The number of thioether (sulfide) groups is 1. The number of benzene rings is 2. The predicted molar refractivity (Wildman–Crippen MR) is 127 cm³/mol. The van der Waals surface area contributed by atoms with Crippen LogP contribution in [0.4, 0.5) is 18.9 Å². The minimum Gasteiger partial charge on any atom is -0.497 e. The topological polar surface area (TPSA) is 118 Å². The highest BCUT2D eigenvalue weighted by atomic mass is 32.2. The van der Waals surface area contributed by atoms with Gasteiger partial charge in [0.15, 0.2) is 0 Å². The standard InChI is InChI=1S/C23H25F3N4O5S/c1-34-18-4-2-3-14(9-18)12-27-19(31)10-16-11-20(32)30-22(29-16)36-13-21(33)28-15-5-7-17(8-6-15)35-23(24,25)26/h2-9,16,22,29H,10-13H2,1H3,(H,27,31)(H,28,33)(H,30,32). The van der Waals surface area contributed by atoms with Crippen LogP contribution in [0.15, 0.2) is 48.5 Å². The number of carbonyl (C=O) groups excluding carboxylic acids is 3. The summed E-state index contributed by atoms with van der Waals surface area (Å²) in [4.78, 5) is 36.7. The smallest absolute Gasteiger partial charge is 0.497 e. The second-order valence-electron chi connectivity index (χ2n) is 7.78. The van der Waals surface area contributed by atoms with E-state index < -0.39 is 29.6 Å². The van der Waals surface area contributed by atoms with E-state index in [1.54, 1.807) is 13.2 Å². The third kappa shape index (κ3) is 9.30. The number of rotatable bonds is 10. The Labute approximate surface area is 209 Å². The van der Waals surface area contributed by atoms with Gasteiger partial charge in [-0.15, -0.1) is 24.9 Å². The molecular weight excluding hydrogens is 501 g/mol. The number of amides is 3. The highest BCUT2D eigenvalue weighted by Crippen LogP contribution is 2.24. The van der Waals surface area contributed by atoms with Crippen molar-refractivity contribution in [2.24, 2.45) is 0 Å². The molecule has 1 aliphatic rings. The van der Waals surface area contributed by atoms with E-state index in [1.807, 2.05) is 18.2 Å². The van der Waals surface area contributed by atoms with Crippen LogP contribution in [0.25, 0.3) is 0 Å². The van der Waals surface area contributed by atoms with Crippen LogP contribution in [0.1, 0.15) is 18.4 Å². The molecule has 4 N–H and O–H groups in total. The Morgan fingerprint density at radius 2 is 1.86 bits per heavy atom. The predicted octanol–water partition coefficient (Wildman–Crippen LogP) is 2.73. The SMILES string of the molecule is COc1cccc(CNC(=O)CC2CC(=O)NC(SCC(=O)Nc3ccc(OC(F)(F)F)cc3)N2)c1. The Morgan fingerprint density at radius 1 is 1.11 bits per heavy atom. The first-order valence-electron chi connectivity index (χ1n) is 10.8. The van der Waals surface area contributed by atoms with Crippen LogP contribution in [-0.2, 0) is 20.9 Å². The van der Waals surface area contributed by atoms with E-state index in [4.69, 9.17) is 4.74 Å². The van der Waals surface area contributed by atoms with E-state index in [2.05, 4.69) is 26.0 Å². The van der Waals surface area contributed by atoms with Crippen molar-refractivity contribution in [3.63, 3.8) is 0 Å². The van der Waals surface area contributed by atoms with E-state index in [0.717, 1.165) is 29.5 Å². The third-order valence-electron chi connectivity index (χ3n) is 4.92. The first-order valence-corrected chi connectivity index (χ1v) is 11.9. The molecule has 1 saturated heterocycles. The van der Waals surface area contributed by atoms with E-state index in [9.17, 15) is 27.6 Å². The number of anilines is 1. The molecule has 3 rings (SSSR count). The van der Waals surface area contributed by atoms with Gasteiger partial charge in [-0.3, -0.25) is 19.7 Å². The van der Waals surface area contributed by atoms with Gasteiger partial charge in [0, 0.05) is 31.1 Å². The normalized spacial score (nSPS) is 17.6. The number of hydrogen-bond donors (Lipinski definition) is 4. The third-order valence-corrected chi connectivity index (χ3v) is 5.94. The lowest BCUT2D eigenvalue weighted by Crippen LogP contribution is -2.56. The molecule has 0 saturated carbocycles.